The summed E-state index contributed by atoms with van der Waals surface area (Å²) in [7, 11) is -2.15. The SMILES string of the molecule is C[C@@H]1C(=O)Nc2ccc(S(=O)(=O)N(C)Cc3ccco3)cc21. The maximum absolute atomic E-state index is 12.6. The molecule has 1 amide bonds. The van der Waals surface area contributed by atoms with E-state index in [1.807, 2.05) is 0 Å². The fourth-order valence-electron chi connectivity index (χ4n) is 2.44. The normalized spacial score (nSPS) is 17.6. The van der Waals surface area contributed by atoms with E-state index in [2.05, 4.69) is 5.32 Å². The Morgan fingerprint density at radius 3 is 2.77 bits per heavy atom. The highest BCUT2D eigenvalue weighted by atomic mass is 32.2. The molecule has 1 aromatic heterocycles. The van der Waals surface area contributed by atoms with Gasteiger partial charge in [-0.3, -0.25) is 4.79 Å². The van der Waals surface area contributed by atoms with E-state index in [1.54, 1.807) is 31.2 Å². The van der Waals surface area contributed by atoms with Crippen molar-refractivity contribution in [1.29, 1.82) is 0 Å². The van der Waals surface area contributed by atoms with Gasteiger partial charge in [-0.15, -0.1) is 0 Å². The summed E-state index contributed by atoms with van der Waals surface area (Å²) in [5.41, 5.74) is 1.38. The van der Waals surface area contributed by atoms with E-state index in [0.717, 1.165) is 0 Å². The molecule has 2 aromatic rings. The van der Waals surface area contributed by atoms with E-state index in [0.29, 0.717) is 17.0 Å². The van der Waals surface area contributed by atoms with Crippen molar-refractivity contribution in [1.82, 2.24) is 4.31 Å². The van der Waals surface area contributed by atoms with Crippen molar-refractivity contribution in [3.8, 4) is 0 Å². The number of anilines is 1. The number of hydrogen-bond donors (Lipinski definition) is 1. The van der Waals surface area contributed by atoms with Crippen LogP contribution in [0.15, 0.2) is 45.9 Å². The largest absolute Gasteiger partial charge is 0.468 e. The van der Waals surface area contributed by atoms with Gasteiger partial charge < -0.3 is 9.73 Å². The first-order valence-electron chi connectivity index (χ1n) is 6.83. The van der Waals surface area contributed by atoms with Gasteiger partial charge in [0.25, 0.3) is 0 Å². The molecular formula is C15H16N2O4S. The molecule has 0 unspecified atom stereocenters. The first-order valence-corrected chi connectivity index (χ1v) is 8.27. The van der Waals surface area contributed by atoms with Gasteiger partial charge in [0.1, 0.15) is 5.76 Å². The number of hydrogen-bond acceptors (Lipinski definition) is 4. The average Bonchev–Trinajstić information content (AvgIpc) is 3.08. The summed E-state index contributed by atoms with van der Waals surface area (Å²) in [6.45, 7) is 1.91. The summed E-state index contributed by atoms with van der Waals surface area (Å²) in [5, 5.41) is 2.73. The van der Waals surface area contributed by atoms with Crippen LogP contribution in [0.4, 0.5) is 5.69 Å². The molecule has 116 valence electrons. The van der Waals surface area contributed by atoms with Crippen molar-refractivity contribution in [3.63, 3.8) is 0 Å². The molecule has 0 saturated heterocycles. The van der Waals surface area contributed by atoms with Crippen molar-refractivity contribution < 1.29 is 17.6 Å². The third-order valence-corrected chi connectivity index (χ3v) is 5.61. The number of nitrogens with one attached hydrogen (secondary N) is 1. The van der Waals surface area contributed by atoms with Crippen LogP contribution < -0.4 is 5.32 Å². The Kier molecular flexibility index (Phi) is 3.54. The first-order chi connectivity index (χ1) is 10.4. The van der Waals surface area contributed by atoms with Gasteiger partial charge in [-0.25, -0.2) is 8.42 Å². The molecule has 22 heavy (non-hydrogen) atoms. The number of furan rings is 1. The highest BCUT2D eigenvalue weighted by molar-refractivity contribution is 7.89. The number of carbonyl (C=O) groups excluding carboxylic acids is 1. The van der Waals surface area contributed by atoms with Crippen LogP contribution in [-0.4, -0.2) is 25.7 Å². The lowest BCUT2D eigenvalue weighted by atomic mass is 10.0. The Morgan fingerprint density at radius 2 is 2.09 bits per heavy atom. The predicted molar refractivity (Wildman–Crippen MR) is 80.8 cm³/mol. The van der Waals surface area contributed by atoms with Crippen molar-refractivity contribution in [2.45, 2.75) is 24.3 Å². The number of benzene rings is 1. The van der Waals surface area contributed by atoms with E-state index in [1.165, 1.54) is 23.7 Å². The standard InChI is InChI=1S/C15H16N2O4S/c1-10-13-8-12(5-6-14(13)16-15(10)18)22(19,20)17(2)9-11-4-3-7-21-11/h3-8,10H,9H2,1-2H3,(H,16,18)/t10-/m0/s1. The summed E-state index contributed by atoms with van der Waals surface area (Å²) in [6.07, 6.45) is 1.50. The van der Waals surface area contributed by atoms with Crippen molar-refractivity contribution in [2.75, 3.05) is 12.4 Å². The molecule has 1 atom stereocenters. The number of fused-ring (bicyclic) bond motifs is 1. The lowest BCUT2D eigenvalue weighted by molar-refractivity contribution is -0.116. The molecule has 0 aliphatic carbocycles. The topological polar surface area (TPSA) is 79.6 Å². The van der Waals surface area contributed by atoms with Crippen LogP contribution in [0.2, 0.25) is 0 Å². The minimum absolute atomic E-state index is 0.117. The molecule has 6 nitrogen and oxygen atoms in total. The maximum Gasteiger partial charge on any atom is 0.243 e. The summed E-state index contributed by atoms with van der Waals surface area (Å²) in [4.78, 5) is 11.8. The molecule has 0 bridgehead atoms. The van der Waals surface area contributed by atoms with Crippen LogP contribution in [0.1, 0.15) is 24.2 Å². The Balaban J connectivity index is 1.91. The van der Waals surface area contributed by atoms with Gasteiger partial charge in [0.2, 0.25) is 15.9 Å². The molecule has 7 heteroatoms. The van der Waals surface area contributed by atoms with Crippen LogP contribution in [0.5, 0.6) is 0 Å². The quantitative estimate of drug-likeness (QED) is 0.936. The van der Waals surface area contributed by atoms with Crippen molar-refractivity contribution >= 4 is 21.6 Å². The van der Waals surface area contributed by atoms with Gasteiger partial charge in [-0.05, 0) is 42.8 Å². The van der Waals surface area contributed by atoms with E-state index >= 15 is 0 Å². The summed E-state index contributed by atoms with van der Waals surface area (Å²) in [5.74, 6) is 0.103. The van der Waals surface area contributed by atoms with Crippen LogP contribution in [0, 0.1) is 0 Å². The molecule has 1 aliphatic heterocycles. The molecule has 1 aromatic carbocycles. The van der Waals surface area contributed by atoms with E-state index < -0.39 is 10.0 Å². The molecule has 0 spiro atoms. The smallest absolute Gasteiger partial charge is 0.243 e. The maximum atomic E-state index is 12.6. The predicted octanol–water partition coefficient (Wildman–Crippen LogP) is 2.16. The molecule has 1 aliphatic rings. The molecule has 1 N–H and O–H groups in total. The minimum atomic E-state index is -3.64. The van der Waals surface area contributed by atoms with Gasteiger partial charge >= 0.3 is 0 Å². The third kappa shape index (κ3) is 2.42. The molecule has 2 heterocycles. The van der Waals surface area contributed by atoms with Crippen LogP contribution >= 0.6 is 0 Å². The number of sulfonamides is 1. The molecule has 3 rings (SSSR count). The minimum Gasteiger partial charge on any atom is -0.468 e. The molecule has 0 saturated carbocycles. The van der Waals surface area contributed by atoms with Crippen LogP contribution in [0.3, 0.4) is 0 Å². The van der Waals surface area contributed by atoms with Gasteiger partial charge in [-0.1, -0.05) is 0 Å². The third-order valence-electron chi connectivity index (χ3n) is 3.81. The van der Waals surface area contributed by atoms with Gasteiger partial charge in [0, 0.05) is 12.7 Å². The van der Waals surface area contributed by atoms with Crippen LogP contribution in [0.25, 0.3) is 0 Å². The molecule has 0 fully saturated rings. The monoisotopic (exact) mass is 320 g/mol. The van der Waals surface area contributed by atoms with Crippen LogP contribution in [-0.2, 0) is 21.4 Å². The highest BCUT2D eigenvalue weighted by Gasteiger charge is 2.29. The van der Waals surface area contributed by atoms with E-state index in [4.69, 9.17) is 4.42 Å². The summed E-state index contributed by atoms with van der Waals surface area (Å²) in [6, 6.07) is 8.13. The summed E-state index contributed by atoms with van der Waals surface area (Å²) < 4.78 is 31.7. The van der Waals surface area contributed by atoms with Gasteiger partial charge in [0.05, 0.1) is 23.6 Å². The summed E-state index contributed by atoms with van der Waals surface area (Å²) >= 11 is 0. The molecule has 0 radical (unpaired) electrons. The highest BCUT2D eigenvalue weighted by Crippen LogP contribution is 2.34. The number of amides is 1. The van der Waals surface area contributed by atoms with Gasteiger partial charge in [-0.2, -0.15) is 4.31 Å². The van der Waals surface area contributed by atoms with Crippen molar-refractivity contribution in [3.05, 3.63) is 47.9 Å². The zero-order valence-corrected chi connectivity index (χ0v) is 13.1. The number of carbonyl (C=O) groups is 1. The Morgan fingerprint density at radius 1 is 1.32 bits per heavy atom. The lowest BCUT2D eigenvalue weighted by Crippen LogP contribution is -2.26. The lowest BCUT2D eigenvalue weighted by Gasteiger charge is -2.16. The molecular weight excluding hydrogens is 304 g/mol. The first kappa shape index (κ1) is 14.8. The fourth-order valence-corrected chi connectivity index (χ4v) is 3.62. The van der Waals surface area contributed by atoms with Gasteiger partial charge in [0.15, 0.2) is 0 Å². The number of rotatable bonds is 4. The zero-order valence-electron chi connectivity index (χ0n) is 12.2. The van der Waals surface area contributed by atoms with E-state index in [-0.39, 0.29) is 23.3 Å². The second kappa shape index (κ2) is 5.26. The zero-order chi connectivity index (χ0) is 15.9. The second-order valence-corrected chi connectivity index (χ2v) is 7.35. The number of nitrogens with zero attached hydrogens (tertiary/aromatic N) is 1. The van der Waals surface area contributed by atoms with E-state index in [9.17, 15) is 13.2 Å². The Hall–Kier alpha value is -2.12. The Labute approximate surface area is 128 Å². The average molecular weight is 320 g/mol. The Bertz CT molecular complexity index is 812. The fraction of sp³-hybridized carbons (Fsp3) is 0.267. The van der Waals surface area contributed by atoms with Crippen molar-refractivity contribution in [2.24, 2.45) is 0 Å². The second-order valence-electron chi connectivity index (χ2n) is 5.30.